The monoisotopic (exact) mass is 272 g/mol. The number of H-pyrrole nitrogens is 1. The Morgan fingerprint density at radius 3 is 2.95 bits per heavy atom. The van der Waals surface area contributed by atoms with E-state index in [2.05, 4.69) is 15.2 Å². The number of likely N-dealkylation sites (tertiary alicyclic amines) is 1. The second-order valence-corrected chi connectivity index (χ2v) is 5.31. The van der Waals surface area contributed by atoms with Crippen molar-refractivity contribution in [2.75, 3.05) is 31.9 Å². The van der Waals surface area contributed by atoms with Gasteiger partial charge in [0.05, 0.1) is 5.56 Å². The van der Waals surface area contributed by atoms with Crippen molar-refractivity contribution in [2.24, 2.45) is 0 Å². The standard InChI is InChI=1S/C15H20N4O/c16-11-3-4-14-12(9-11)13(10-18-14)15(20)17-5-8-19-6-1-2-7-19/h3-4,9-10,18H,1-2,5-8,16H2,(H,17,20). The Bertz CT molecular complexity index is 613. The Morgan fingerprint density at radius 2 is 2.15 bits per heavy atom. The molecule has 0 spiro atoms. The maximum atomic E-state index is 12.2. The van der Waals surface area contributed by atoms with Gasteiger partial charge in [0.25, 0.3) is 5.91 Å². The number of nitrogens with zero attached hydrogens (tertiary/aromatic N) is 1. The summed E-state index contributed by atoms with van der Waals surface area (Å²) in [7, 11) is 0. The molecule has 1 aromatic heterocycles. The van der Waals surface area contributed by atoms with Gasteiger partial charge in [0.2, 0.25) is 0 Å². The Balaban J connectivity index is 1.64. The van der Waals surface area contributed by atoms with Crippen LogP contribution < -0.4 is 11.1 Å². The van der Waals surface area contributed by atoms with E-state index in [0.717, 1.165) is 30.5 Å². The summed E-state index contributed by atoms with van der Waals surface area (Å²) in [5, 5.41) is 3.86. The number of nitrogens with one attached hydrogen (secondary N) is 2. The zero-order valence-electron chi connectivity index (χ0n) is 11.5. The first-order valence-corrected chi connectivity index (χ1v) is 7.11. The highest BCUT2D eigenvalue weighted by Crippen LogP contribution is 2.20. The van der Waals surface area contributed by atoms with Gasteiger partial charge in [0, 0.05) is 35.9 Å². The van der Waals surface area contributed by atoms with Crippen molar-refractivity contribution < 1.29 is 4.79 Å². The van der Waals surface area contributed by atoms with Gasteiger partial charge < -0.3 is 20.9 Å². The third kappa shape index (κ3) is 2.63. The second-order valence-electron chi connectivity index (χ2n) is 5.31. The second kappa shape index (κ2) is 5.54. The normalized spacial score (nSPS) is 15.8. The lowest BCUT2D eigenvalue weighted by atomic mass is 10.1. The molecule has 3 rings (SSSR count). The maximum Gasteiger partial charge on any atom is 0.253 e. The van der Waals surface area contributed by atoms with Crippen molar-refractivity contribution in [1.82, 2.24) is 15.2 Å². The van der Waals surface area contributed by atoms with Gasteiger partial charge >= 0.3 is 0 Å². The van der Waals surface area contributed by atoms with Gasteiger partial charge in [-0.3, -0.25) is 4.79 Å². The summed E-state index contributed by atoms with van der Waals surface area (Å²) in [6.45, 7) is 3.92. The molecule has 0 saturated carbocycles. The van der Waals surface area contributed by atoms with Crippen LogP contribution in [0.5, 0.6) is 0 Å². The molecule has 1 fully saturated rings. The molecule has 0 bridgehead atoms. The summed E-state index contributed by atoms with van der Waals surface area (Å²) in [5.41, 5.74) is 8.05. The first-order valence-electron chi connectivity index (χ1n) is 7.11. The molecule has 2 aromatic rings. The third-order valence-corrected chi connectivity index (χ3v) is 3.86. The van der Waals surface area contributed by atoms with E-state index in [1.165, 1.54) is 12.8 Å². The number of hydrogen-bond donors (Lipinski definition) is 3. The highest BCUT2D eigenvalue weighted by molar-refractivity contribution is 6.07. The molecule has 0 unspecified atom stereocenters. The molecule has 1 saturated heterocycles. The number of benzene rings is 1. The fourth-order valence-electron chi connectivity index (χ4n) is 2.76. The van der Waals surface area contributed by atoms with Crippen LogP contribution in [0.15, 0.2) is 24.4 Å². The lowest BCUT2D eigenvalue weighted by Crippen LogP contribution is -2.33. The number of amides is 1. The van der Waals surface area contributed by atoms with Crippen molar-refractivity contribution in [3.05, 3.63) is 30.0 Å². The zero-order chi connectivity index (χ0) is 13.9. The molecule has 20 heavy (non-hydrogen) atoms. The predicted octanol–water partition coefficient (Wildman–Crippen LogP) is 1.58. The lowest BCUT2D eigenvalue weighted by Gasteiger charge is -2.14. The number of anilines is 1. The molecule has 5 nitrogen and oxygen atoms in total. The molecule has 1 aromatic carbocycles. The molecule has 106 valence electrons. The number of fused-ring (bicyclic) bond motifs is 1. The van der Waals surface area contributed by atoms with E-state index in [1.54, 1.807) is 6.20 Å². The minimum Gasteiger partial charge on any atom is -0.399 e. The Hall–Kier alpha value is -2.01. The van der Waals surface area contributed by atoms with Crippen LogP contribution in [-0.2, 0) is 0 Å². The molecule has 4 N–H and O–H groups in total. The minimum atomic E-state index is -0.0407. The van der Waals surface area contributed by atoms with Crippen LogP contribution in [-0.4, -0.2) is 42.0 Å². The minimum absolute atomic E-state index is 0.0407. The van der Waals surface area contributed by atoms with E-state index in [1.807, 2.05) is 18.2 Å². The SMILES string of the molecule is Nc1ccc2[nH]cc(C(=O)NCCN3CCCC3)c2c1. The van der Waals surface area contributed by atoms with Crippen LogP contribution in [0, 0.1) is 0 Å². The number of carbonyl (C=O) groups is 1. The highest BCUT2D eigenvalue weighted by Gasteiger charge is 2.14. The van der Waals surface area contributed by atoms with Gasteiger partial charge in [-0.1, -0.05) is 0 Å². The number of hydrogen-bond acceptors (Lipinski definition) is 3. The van der Waals surface area contributed by atoms with Crippen molar-refractivity contribution in [1.29, 1.82) is 0 Å². The fraction of sp³-hybridized carbons (Fsp3) is 0.400. The Kier molecular flexibility index (Phi) is 3.60. The van der Waals surface area contributed by atoms with E-state index in [0.29, 0.717) is 17.8 Å². The van der Waals surface area contributed by atoms with Gasteiger partial charge in [-0.15, -0.1) is 0 Å². The number of carbonyl (C=O) groups excluding carboxylic acids is 1. The van der Waals surface area contributed by atoms with Crippen LogP contribution >= 0.6 is 0 Å². The van der Waals surface area contributed by atoms with Crippen LogP contribution in [0.2, 0.25) is 0 Å². The summed E-state index contributed by atoms with van der Waals surface area (Å²) in [5.74, 6) is -0.0407. The smallest absolute Gasteiger partial charge is 0.253 e. The largest absolute Gasteiger partial charge is 0.399 e. The average molecular weight is 272 g/mol. The molecular formula is C15H20N4O. The first kappa shape index (κ1) is 13.0. The Morgan fingerprint density at radius 1 is 1.35 bits per heavy atom. The van der Waals surface area contributed by atoms with E-state index in [9.17, 15) is 4.79 Å². The molecule has 1 aliphatic rings. The average Bonchev–Trinajstić information content (AvgIpc) is 3.07. The molecule has 5 heteroatoms. The van der Waals surface area contributed by atoms with Crippen molar-refractivity contribution in [3.63, 3.8) is 0 Å². The van der Waals surface area contributed by atoms with Crippen LogP contribution in [0.4, 0.5) is 5.69 Å². The maximum absolute atomic E-state index is 12.2. The topological polar surface area (TPSA) is 74.1 Å². The molecule has 0 radical (unpaired) electrons. The van der Waals surface area contributed by atoms with Crippen molar-refractivity contribution >= 4 is 22.5 Å². The van der Waals surface area contributed by atoms with Gasteiger partial charge in [-0.05, 0) is 44.1 Å². The first-order chi connectivity index (χ1) is 9.74. The molecule has 0 atom stereocenters. The Labute approximate surface area is 118 Å². The summed E-state index contributed by atoms with van der Waals surface area (Å²) in [6, 6.07) is 5.56. The lowest BCUT2D eigenvalue weighted by molar-refractivity contribution is 0.0951. The van der Waals surface area contributed by atoms with E-state index in [4.69, 9.17) is 5.73 Å². The molecule has 1 aliphatic heterocycles. The summed E-state index contributed by atoms with van der Waals surface area (Å²) < 4.78 is 0. The van der Waals surface area contributed by atoms with Gasteiger partial charge in [-0.2, -0.15) is 0 Å². The van der Waals surface area contributed by atoms with E-state index < -0.39 is 0 Å². The fourth-order valence-corrected chi connectivity index (χ4v) is 2.76. The number of rotatable bonds is 4. The number of aromatic nitrogens is 1. The van der Waals surface area contributed by atoms with E-state index in [-0.39, 0.29) is 5.91 Å². The molecule has 1 amide bonds. The summed E-state index contributed by atoms with van der Waals surface area (Å²) in [6.07, 6.45) is 4.29. The van der Waals surface area contributed by atoms with E-state index >= 15 is 0 Å². The molecule has 0 aliphatic carbocycles. The number of nitrogens with two attached hydrogens (primary N) is 1. The highest BCUT2D eigenvalue weighted by atomic mass is 16.1. The van der Waals surface area contributed by atoms with Crippen molar-refractivity contribution in [3.8, 4) is 0 Å². The van der Waals surface area contributed by atoms with Crippen LogP contribution in [0.25, 0.3) is 10.9 Å². The van der Waals surface area contributed by atoms with Gasteiger partial charge in [-0.25, -0.2) is 0 Å². The zero-order valence-corrected chi connectivity index (χ0v) is 11.5. The van der Waals surface area contributed by atoms with Crippen molar-refractivity contribution in [2.45, 2.75) is 12.8 Å². The molecular weight excluding hydrogens is 252 g/mol. The summed E-state index contributed by atoms with van der Waals surface area (Å²) in [4.78, 5) is 17.7. The predicted molar refractivity (Wildman–Crippen MR) is 80.7 cm³/mol. The third-order valence-electron chi connectivity index (χ3n) is 3.86. The molecule has 2 heterocycles. The quantitative estimate of drug-likeness (QED) is 0.740. The number of aromatic amines is 1. The van der Waals surface area contributed by atoms with Crippen LogP contribution in [0.3, 0.4) is 0 Å². The van der Waals surface area contributed by atoms with Gasteiger partial charge in [0.15, 0.2) is 0 Å². The van der Waals surface area contributed by atoms with Gasteiger partial charge in [0.1, 0.15) is 0 Å². The number of nitrogen functional groups attached to an aromatic ring is 1. The van der Waals surface area contributed by atoms with Crippen LogP contribution in [0.1, 0.15) is 23.2 Å². The summed E-state index contributed by atoms with van der Waals surface area (Å²) >= 11 is 0.